The molecule has 336 valence electrons. The van der Waals surface area contributed by atoms with E-state index in [1.54, 1.807) is 0 Å². The normalized spacial score (nSPS) is 14.7. The number of unbranched alkanes of at least 4 members (excludes halogenated alkanes) is 10. The van der Waals surface area contributed by atoms with Gasteiger partial charge in [-0.05, 0) is 83.5 Å². The number of ether oxygens (including phenoxy) is 2. The fourth-order valence-electron chi connectivity index (χ4n) is 5.34. The third-order valence-corrected chi connectivity index (χ3v) is 9.69. The SMILES string of the molecule is CC/C=C\C/C=C\C/C=C\C/C=C\C/C=C\C/C=C\CCC(=O)O[C@H](COC(=O)CCCCCCCCC/C=C\C/C=C\CCCCC)COP(=O)(O)OC[C@@H](O)CO. The highest BCUT2D eigenvalue weighted by Crippen LogP contribution is 2.43. The summed E-state index contributed by atoms with van der Waals surface area (Å²) in [5.74, 6) is -1.04. The Morgan fingerprint density at radius 1 is 0.525 bits per heavy atom. The van der Waals surface area contributed by atoms with E-state index in [1.165, 1.54) is 44.9 Å². The van der Waals surface area contributed by atoms with Gasteiger partial charge in [0.15, 0.2) is 6.10 Å². The van der Waals surface area contributed by atoms with Crippen LogP contribution >= 0.6 is 7.82 Å². The van der Waals surface area contributed by atoms with Crippen molar-refractivity contribution in [2.75, 3.05) is 26.4 Å². The average molecular weight is 847 g/mol. The molecular formula is C48H79O10P. The lowest BCUT2D eigenvalue weighted by Gasteiger charge is -2.20. The van der Waals surface area contributed by atoms with Crippen molar-refractivity contribution in [1.29, 1.82) is 0 Å². The number of phosphoric acid groups is 1. The molecule has 0 spiro atoms. The second-order valence-corrected chi connectivity index (χ2v) is 15.8. The molecule has 0 aromatic rings. The van der Waals surface area contributed by atoms with Crippen molar-refractivity contribution in [3.63, 3.8) is 0 Å². The van der Waals surface area contributed by atoms with E-state index in [-0.39, 0.29) is 19.4 Å². The van der Waals surface area contributed by atoms with Crippen LogP contribution in [0.25, 0.3) is 0 Å². The number of rotatable bonds is 40. The van der Waals surface area contributed by atoms with Gasteiger partial charge in [0.25, 0.3) is 0 Å². The molecule has 0 amide bonds. The highest BCUT2D eigenvalue weighted by molar-refractivity contribution is 7.47. The monoisotopic (exact) mass is 847 g/mol. The van der Waals surface area contributed by atoms with E-state index >= 15 is 0 Å². The van der Waals surface area contributed by atoms with Gasteiger partial charge in [-0.1, -0.05) is 156 Å². The molecule has 0 rings (SSSR count). The molecule has 0 aromatic carbocycles. The smallest absolute Gasteiger partial charge is 0.462 e. The number of carbonyl (C=O) groups is 2. The molecule has 0 bridgehead atoms. The maximum atomic E-state index is 12.6. The first-order valence-corrected chi connectivity index (χ1v) is 23.7. The molecule has 0 saturated heterocycles. The number of allylic oxidation sites excluding steroid dienone is 16. The summed E-state index contributed by atoms with van der Waals surface area (Å²) in [6.07, 6.45) is 52.4. The van der Waals surface area contributed by atoms with Crippen molar-refractivity contribution in [3.05, 3.63) is 97.2 Å². The number of hydrogen-bond donors (Lipinski definition) is 3. The van der Waals surface area contributed by atoms with Crippen LogP contribution in [-0.2, 0) is 32.7 Å². The molecule has 1 unspecified atom stereocenters. The van der Waals surface area contributed by atoms with Gasteiger partial charge in [0.2, 0.25) is 0 Å². The van der Waals surface area contributed by atoms with E-state index in [2.05, 4.69) is 103 Å². The molecular weight excluding hydrogens is 767 g/mol. The Kier molecular flexibility index (Phi) is 40.7. The van der Waals surface area contributed by atoms with Gasteiger partial charge in [0.05, 0.1) is 19.8 Å². The Labute approximate surface area is 357 Å². The van der Waals surface area contributed by atoms with Crippen molar-refractivity contribution >= 4 is 19.8 Å². The first-order valence-electron chi connectivity index (χ1n) is 22.2. The quantitative estimate of drug-likeness (QED) is 0.0235. The van der Waals surface area contributed by atoms with Crippen LogP contribution in [0.15, 0.2) is 97.2 Å². The third kappa shape index (κ3) is 42.8. The van der Waals surface area contributed by atoms with Gasteiger partial charge >= 0.3 is 19.8 Å². The number of esters is 2. The van der Waals surface area contributed by atoms with Crippen molar-refractivity contribution in [3.8, 4) is 0 Å². The Balaban J connectivity index is 4.44. The second kappa shape index (κ2) is 43.0. The summed E-state index contributed by atoms with van der Waals surface area (Å²) >= 11 is 0. The number of aliphatic hydroxyl groups excluding tert-OH is 2. The highest BCUT2D eigenvalue weighted by atomic mass is 31.2. The molecule has 0 radical (unpaired) electrons. The summed E-state index contributed by atoms with van der Waals surface area (Å²) < 4.78 is 32.6. The summed E-state index contributed by atoms with van der Waals surface area (Å²) in [5.41, 5.74) is 0. The fourth-order valence-corrected chi connectivity index (χ4v) is 6.13. The lowest BCUT2D eigenvalue weighted by molar-refractivity contribution is -0.161. The Morgan fingerprint density at radius 3 is 1.47 bits per heavy atom. The Morgan fingerprint density at radius 2 is 0.966 bits per heavy atom. The molecule has 10 nitrogen and oxygen atoms in total. The molecule has 0 saturated carbocycles. The zero-order valence-corrected chi connectivity index (χ0v) is 37.3. The van der Waals surface area contributed by atoms with Crippen LogP contribution in [0.4, 0.5) is 0 Å². The average Bonchev–Trinajstić information content (AvgIpc) is 3.22. The van der Waals surface area contributed by atoms with Gasteiger partial charge in [-0.3, -0.25) is 18.6 Å². The molecule has 0 aliphatic heterocycles. The molecule has 11 heteroatoms. The number of aliphatic hydroxyl groups is 2. The minimum Gasteiger partial charge on any atom is -0.462 e. The van der Waals surface area contributed by atoms with Gasteiger partial charge in [0.1, 0.15) is 12.7 Å². The molecule has 0 aliphatic carbocycles. The number of phosphoric ester groups is 1. The van der Waals surface area contributed by atoms with Gasteiger partial charge < -0.3 is 24.6 Å². The zero-order valence-electron chi connectivity index (χ0n) is 36.4. The lowest BCUT2D eigenvalue weighted by Crippen LogP contribution is -2.29. The van der Waals surface area contributed by atoms with Gasteiger partial charge in [-0.2, -0.15) is 0 Å². The molecule has 3 atom stereocenters. The largest absolute Gasteiger partial charge is 0.472 e. The van der Waals surface area contributed by atoms with Gasteiger partial charge in [-0.15, -0.1) is 0 Å². The molecule has 0 fully saturated rings. The number of carbonyl (C=O) groups excluding carboxylic acids is 2. The lowest BCUT2D eigenvalue weighted by atomic mass is 10.1. The van der Waals surface area contributed by atoms with Crippen LogP contribution < -0.4 is 0 Å². The van der Waals surface area contributed by atoms with Crippen LogP contribution in [0.1, 0.15) is 155 Å². The second-order valence-electron chi connectivity index (χ2n) is 14.3. The predicted molar refractivity (Wildman–Crippen MR) is 242 cm³/mol. The van der Waals surface area contributed by atoms with Crippen molar-refractivity contribution < 1.29 is 47.8 Å². The van der Waals surface area contributed by atoms with Crippen molar-refractivity contribution in [2.24, 2.45) is 0 Å². The van der Waals surface area contributed by atoms with E-state index in [0.29, 0.717) is 12.8 Å². The van der Waals surface area contributed by atoms with Gasteiger partial charge in [0, 0.05) is 12.8 Å². The van der Waals surface area contributed by atoms with E-state index < -0.39 is 51.8 Å². The predicted octanol–water partition coefficient (Wildman–Crippen LogP) is 12.0. The first-order chi connectivity index (χ1) is 28.7. The summed E-state index contributed by atoms with van der Waals surface area (Å²) in [5, 5.41) is 18.3. The van der Waals surface area contributed by atoms with Crippen molar-refractivity contribution in [2.45, 2.75) is 167 Å². The van der Waals surface area contributed by atoms with Crippen LogP contribution in [0, 0.1) is 0 Å². The van der Waals surface area contributed by atoms with Crippen LogP contribution in [0.3, 0.4) is 0 Å². The molecule has 0 heterocycles. The highest BCUT2D eigenvalue weighted by Gasteiger charge is 2.27. The van der Waals surface area contributed by atoms with Crippen LogP contribution in [-0.4, -0.2) is 65.7 Å². The molecule has 0 aliphatic rings. The standard InChI is InChI=1S/C48H79O10P/c1-3-5-7-9-11-13-15-17-19-21-22-24-26-28-30-32-34-36-38-40-48(52)58-46(44-57-59(53,54)56-42-45(50)41-49)43-55-47(51)39-37-35-33-31-29-27-25-23-20-18-16-14-12-10-8-6-4-2/h5,7,11-14,17-20,22,24,28,30,34,36,45-46,49-50H,3-4,6,8-10,15-16,21,23,25-27,29,31-33,35,37-44H2,1-2H3,(H,53,54)/b7-5-,13-11-,14-12-,19-17-,20-18-,24-22-,30-28-,36-34-/t45-,46+/m0/s1. The maximum Gasteiger partial charge on any atom is 0.472 e. The maximum absolute atomic E-state index is 12.6. The summed E-state index contributed by atoms with van der Waals surface area (Å²) in [7, 11) is -4.65. The van der Waals surface area contributed by atoms with E-state index in [4.69, 9.17) is 19.1 Å². The van der Waals surface area contributed by atoms with Crippen LogP contribution in [0.5, 0.6) is 0 Å². The minimum absolute atomic E-state index is 0.0517. The first kappa shape index (κ1) is 55.9. The number of hydrogen-bond acceptors (Lipinski definition) is 9. The van der Waals surface area contributed by atoms with E-state index in [0.717, 1.165) is 70.6 Å². The van der Waals surface area contributed by atoms with E-state index in [1.807, 2.05) is 12.2 Å². The van der Waals surface area contributed by atoms with Crippen LogP contribution in [0.2, 0.25) is 0 Å². The topological polar surface area (TPSA) is 149 Å². The Hall–Kier alpha value is -3.11. The summed E-state index contributed by atoms with van der Waals surface area (Å²) in [4.78, 5) is 35.0. The van der Waals surface area contributed by atoms with E-state index in [9.17, 15) is 24.2 Å². The van der Waals surface area contributed by atoms with Gasteiger partial charge in [-0.25, -0.2) is 4.57 Å². The Bertz CT molecular complexity index is 1300. The zero-order chi connectivity index (χ0) is 43.3. The summed E-state index contributed by atoms with van der Waals surface area (Å²) in [6.45, 7) is 2.13. The summed E-state index contributed by atoms with van der Waals surface area (Å²) in [6, 6.07) is 0. The molecule has 3 N–H and O–H groups in total. The molecule has 0 aromatic heterocycles. The fraction of sp³-hybridized carbons (Fsp3) is 0.625. The third-order valence-electron chi connectivity index (χ3n) is 8.74. The minimum atomic E-state index is -4.65. The van der Waals surface area contributed by atoms with Crippen molar-refractivity contribution in [1.82, 2.24) is 0 Å². The molecule has 59 heavy (non-hydrogen) atoms.